The van der Waals surface area contributed by atoms with Gasteiger partial charge in [0.15, 0.2) is 11.5 Å². The van der Waals surface area contributed by atoms with Crippen LogP contribution < -0.4 is 10.3 Å². The Morgan fingerprint density at radius 1 is 1.46 bits per heavy atom. The van der Waals surface area contributed by atoms with Gasteiger partial charge in [-0.05, 0) is 0 Å². The third-order valence-corrected chi connectivity index (χ3v) is 1.09. The number of hydrogen-bond acceptors (Lipinski definition) is 3. The van der Waals surface area contributed by atoms with Crippen molar-refractivity contribution in [3.05, 3.63) is 22.6 Å². The third-order valence-electron chi connectivity index (χ3n) is 1.09. The van der Waals surface area contributed by atoms with Crippen LogP contribution in [0.3, 0.4) is 0 Å². The zero-order valence-corrected chi connectivity index (χ0v) is 6.05. The highest BCUT2D eigenvalue weighted by atomic mass is 19.4. The minimum Gasteiger partial charge on any atom is -0.504 e. The molecule has 2 N–H and O–H groups in total. The second-order valence-corrected chi connectivity index (χ2v) is 2.09. The molecule has 0 radical (unpaired) electrons. The molecular formula is C6H4F3NO3. The summed E-state index contributed by atoms with van der Waals surface area (Å²) in [5.41, 5.74) is -0.716. The Morgan fingerprint density at radius 3 is 2.54 bits per heavy atom. The van der Waals surface area contributed by atoms with E-state index < -0.39 is 23.4 Å². The lowest BCUT2D eigenvalue weighted by Gasteiger charge is -2.08. The smallest absolute Gasteiger partial charge is 0.504 e. The standard InChI is InChI=1S/C6H4F3NO3/c7-6(8,9)13-4-2-10-5(12)1-3(4)11/h1-2H,(H2,10,11,12). The maximum absolute atomic E-state index is 11.6. The highest BCUT2D eigenvalue weighted by Gasteiger charge is 2.32. The molecule has 1 rings (SSSR count). The number of hydrogen-bond donors (Lipinski definition) is 2. The van der Waals surface area contributed by atoms with E-state index in [-0.39, 0.29) is 0 Å². The first kappa shape index (κ1) is 9.43. The molecule has 0 fully saturated rings. The van der Waals surface area contributed by atoms with Gasteiger partial charge in [0.05, 0.1) is 6.20 Å². The Balaban J connectivity index is 2.97. The van der Waals surface area contributed by atoms with E-state index in [0.717, 1.165) is 0 Å². The summed E-state index contributed by atoms with van der Waals surface area (Å²) in [5, 5.41) is 8.81. The number of aromatic nitrogens is 1. The number of nitrogens with one attached hydrogen (secondary N) is 1. The topological polar surface area (TPSA) is 62.3 Å². The molecule has 1 aromatic heterocycles. The van der Waals surface area contributed by atoms with Crippen LogP contribution in [-0.2, 0) is 0 Å². The number of alkyl halides is 3. The molecule has 1 aromatic rings. The summed E-state index contributed by atoms with van der Waals surface area (Å²) in [4.78, 5) is 12.4. The van der Waals surface area contributed by atoms with Crippen LogP contribution in [0.2, 0.25) is 0 Å². The molecule has 0 spiro atoms. The fraction of sp³-hybridized carbons (Fsp3) is 0.167. The second-order valence-electron chi connectivity index (χ2n) is 2.09. The summed E-state index contributed by atoms with van der Waals surface area (Å²) in [6.07, 6.45) is -4.26. The van der Waals surface area contributed by atoms with Gasteiger partial charge in [0, 0.05) is 6.07 Å². The van der Waals surface area contributed by atoms with E-state index >= 15 is 0 Å². The second kappa shape index (κ2) is 3.00. The lowest BCUT2D eigenvalue weighted by atomic mass is 10.4. The number of halogens is 3. The fourth-order valence-electron chi connectivity index (χ4n) is 0.654. The number of ether oxygens (including phenoxy) is 1. The summed E-state index contributed by atoms with van der Waals surface area (Å²) < 4.78 is 38.2. The maximum Gasteiger partial charge on any atom is 0.573 e. The average Bonchev–Trinajstić information content (AvgIpc) is 1.93. The van der Waals surface area contributed by atoms with E-state index in [1.165, 1.54) is 0 Å². The Bertz CT molecular complexity index is 357. The van der Waals surface area contributed by atoms with Gasteiger partial charge in [0.1, 0.15) is 0 Å². The van der Waals surface area contributed by atoms with E-state index in [1.54, 1.807) is 0 Å². The number of aromatic hydroxyl groups is 1. The molecule has 72 valence electrons. The van der Waals surface area contributed by atoms with Gasteiger partial charge < -0.3 is 14.8 Å². The largest absolute Gasteiger partial charge is 0.573 e. The zero-order valence-electron chi connectivity index (χ0n) is 6.05. The summed E-state index contributed by atoms with van der Waals surface area (Å²) in [7, 11) is 0. The van der Waals surface area contributed by atoms with Crippen molar-refractivity contribution in [3.63, 3.8) is 0 Å². The predicted octanol–water partition coefficient (Wildman–Crippen LogP) is 0.979. The quantitative estimate of drug-likeness (QED) is 0.702. The number of H-pyrrole nitrogens is 1. The lowest BCUT2D eigenvalue weighted by molar-refractivity contribution is -0.275. The van der Waals surface area contributed by atoms with Gasteiger partial charge >= 0.3 is 6.36 Å². The van der Waals surface area contributed by atoms with Gasteiger partial charge in [-0.25, -0.2) is 0 Å². The van der Waals surface area contributed by atoms with Gasteiger partial charge in [-0.15, -0.1) is 13.2 Å². The molecular weight excluding hydrogens is 191 g/mol. The van der Waals surface area contributed by atoms with Crippen LogP contribution in [0.15, 0.2) is 17.1 Å². The molecule has 0 saturated carbocycles. The van der Waals surface area contributed by atoms with Crippen molar-refractivity contribution in [2.45, 2.75) is 6.36 Å². The molecule has 0 amide bonds. The van der Waals surface area contributed by atoms with Crippen molar-refractivity contribution in [2.24, 2.45) is 0 Å². The van der Waals surface area contributed by atoms with Crippen molar-refractivity contribution in [1.29, 1.82) is 0 Å². The monoisotopic (exact) mass is 195 g/mol. The van der Waals surface area contributed by atoms with Crippen molar-refractivity contribution in [3.8, 4) is 11.5 Å². The normalized spacial score (nSPS) is 11.3. The third kappa shape index (κ3) is 2.69. The Hall–Kier alpha value is -1.66. The summed E-state index contributed by atoms with van der Waals surface area (Å²) in [6, 6.07) is 0.584. The van der Waals surface area contributed by atoms with Gasteiger partial charge in [-0.3, -0.25) is 4.79 Å². The number of rotatable bonds is 1. The van der Waals surface area contributed by atoms with Crippen molar-refractivity contribution < 1.29 is 23.0 Å². The molecule has 0 aliphatic rings. The summed E-state index contributed by atoms with van der Waals surface area (Å²) in [6.45, 7) is 0. The van der Waals surface area contributed by atoms with Crippen LogP contribution >= 0.6 is 0 Å². The minimum atomic E-state index is -4.89. The summed E-state index contributed by atoms with van der Waals surface area (Å²) >= 11 is 0. The highest BCUT2D eigenvalue weighted by molar-refractivity contribution is 5.34. The van der Waals surface area contributed by atoms with Crippen LogP contribution in [0.5, 0.6) is 11.5 Å². The average molecular weight is 195 g/mol. The van der Waals surface area contributed by atoms with Crippen molar-refractivity contribution in [1.82, 2.24) is 4.98 Å². The van der Waals surface area contributed by atoms with E-state index in [2.05, 4.69) is 4.74 Å². The van der Waals surface area contributed by atoms with E-state index in [9.17, 15) is 18.0 Å². The van der Waals surface area contributed by atoms with Crippen LogP contribution in [0.4, 0.5) is 13.2 Å². The number of pyridine rings is 1. The van der Waals surface area contributed by atoms with Gasteiger partial charge in [0.2, 0.25) is 0 Å². The van der Waals surface area contributed by atoms with Crippen LogP contribution in [-0.4, -0.2) is 16.5 Å². The summed E-state index contributed by atoms with van der Waals surface area (Å²) in [5.74, 6) is -1.70. The first-order valence-corrected chi connectivity index (χ1v) is 3.06. The molecule has 0 atom stereocenters. The van der Waals surface area contributed by atoms with Crippen LogP contribution in [0.1, 0.15) is 0 Å². The molecule has 7 heteroatoms. The van der Waals surface area contributed by atoms with E-state index in [4.69, 9.17) is 5.11 Å². The maximum atomic E-state index is 11.6. The molecule has 4 nitrogen and oxygen atoms in total. The molecule has 0 bridgehead atoms. The fourth-order valence-corrected chi connectivity index (χ4v) is 0.654. The molecule has 0 aromatic carbocycles. The number of aromatic amines is 1. The molecule has 0 saturated heterocycles. The van der Waals surface area contributed by atoms with Crippen molar-refractivity contribution >= 4 is 0 Å². The van der Waals surface area contributed by atoms with Crippen LogP contribution in [0.25, 0.3) is 0 Å². The first-order chi connectivity index (χ1) is 5.88. The van der Waals surface area contributed by atoms with E-state index in [0.29, 0.717) is 12.3 Å². The highest BCUT2D eigenvalue weighted by Crippen LogP contribution is 2.28. The molecule has 0 aliphatic carbocycles. The van der Waals surface area contributed by atoms with Gasteiger partial charge in [0.25, 0.3) is 5.56 Å². The van der Waals surface area contributed by atoms with E-state index in [1.807, 2.05) is 4.98 Å². The SMILES string of the molecule is O=c1cc(O)c(OC(F)(F)F)c[nH]1. The molecule has 0 aliphatic heterocycles. The van der Waals surface area contributed by atoms with Gasteiger partial charge in [-0.2, -0.15) is 0 Å². The zero-order chi connectivity index (χ0) is 10.1. The van der Waals surface area contributed by atoms with Crippen LogP contribution in [0, 0.1) is 0 Å². The van der Waals surface area contributed by atoms with Gasteiger partial charge in [-0.1, -0.05) is 0 Å². The Morgan fingerprint density at radius 2 is 2.08 bits per heavy atom. The lowest BCUT2D eigenvalue weighted by Crippen LogP contribution is -2.18. The first-order valence-electron chi connectivity index (χ1n) is 3.06. The Kier molecular flexibility index (Phi) is 2.18. The molecule has 0 unspecified atom stereocenters. The molecule has 1 heterocycles. The van der Waals surface area contributed by atoms with Crippen molar-refractivity contribution in [2.75, 3.05) is 0 Å². The molecule has 13 heavy (non-hydrogen) atoms. The minimum absolute atomic E-state index is 0.584. The predicted molar refractivity (Wildman–Crippen MR) is 35.4 cm³/mol. The Labute approximate surface area is 69.6 Å².